The number of rotatable bonds is 5. The molecule has 0 fully saturated rings. The van der Waals surface area contributed by atoms with Gasteiger partial charge >= 0.3 is 0 Å². The number of hydrogen-bond acceptors (Lipinski definition) is 3. The molecule has 0 aliphatic rings. The number of hydrogen-bond donors (Lipinski definition) is 2. The van der Waals surface area contributed by atoms with Crippen molar-refractivity contribution in [1.82, 2.24) is 4.98 Å². The van der Waals surface area contributed by atoms with Crippen LogP contribution in [0.3, 0.4) is 0 Å². The van der Waals surface area contributed by atoms with Gasteiger partial charge in [0.2, 0.25) is 0 Å². The van der Waals surface area contributed by atoms with Gasteiger partial charge in [0.25, 0.3) is 0 Å². The molecule has 0 radical (unpaired) electrons. The summed E-state index contributed by atoms with van der Waals surface area (Å²) in [7, 11) is 0. The molecule has 2 aromatic rings. The molecule has 1 aromatic heterocycles. The van der Waals surface area contributed by atoms with Gasteiger partial charge in [0, 0.05) is 6.20 Å². The third-order valence-corrected chi connectivity index (χ3v) is 3.05. The van der Waals surface area contributed by atoms with Crippen LogP contribution in [0.4, 0.5) is 0 Å². The zero-order valence-electron chi connectivity index (χ0n) is 11.8. The maximum atomic E-state index is 7.37. The maximum Gasteiger partial charge on any atom is 0.141 e. The number of ether oxygens (including phenoxy) is 1. The van der Waals surface area contributed by atoms with Crippen molar-refractivity contribution in [1.29, 1.82) is 5.41 Å². The lowest BCUT2D eigenvalue weighted by Gasteiger charge is -2.09. The molecule has 2 rings (SSSR count). The summed E-state index contributed by atoms with van der Waals surface area (Å²) in [6, 6.07) is 11.7. The highest BCUT2D eigenvalue weighted by Crippen LogP contribution is 2.19. The molecular formula is C16H19N3O. The number of aromatic nitrogens is 1. The highest BCUT2D eigenvalue weighted by molar-refractivity contribution is 5.93. The monoisotopic (exact) mass is 269 g/mol. The predicted molar refractivity (Wildman–Crippen MR) is 80.1 cm³/mol. The quantitative estimate of drug-likeness (QED) is 0.647. The van der Waals surface area contributed by atoms with Crippen LogP contribution in [-0.4, -0.2) is 10.8 Å². The Kier molecular flexibility index (Phi) is 4.35. The fraction of sp³-hybridized carbons (Fsp3) is 0.250. The first-order chi connectivity index (χ1) is 9.56. The molecule has 1 heterocycles. The minimum Gasteiger partial charge on any atom is -0.489 e. The number of nitrogen functional groups attached to an aromatic ring is 1. The Bertz CT molecular complexity index is 591. The van der Waals surface area contributed by atoms with Crippen LogP contribution in [0.5, 0.6) is 5.75 Å². The van der Waals surface area contributed by atoms with E-state index in [0.29, 0.717) is 18.2 Å². The average molecular weight is 269 g/mol. The molecule has 20 heavy (non-hydrogen) atoms. The van der Waals surface area contributed by atoms with Crippen molar-refractivity contribution in [2.24, 2.45) is 5.73 Å². The van der Waals surface area contributed by atoms with E-state index in [9.17, 15) is 0 Å². The van der Waals surface area contributed by atoms with E-state index in [1.54, 1.807) is 12.3 Å². The molecule has 0 spiro atoms. The van der Waals surface area contributed by atoms with Crippen LogP contribution in [-0.2, 0) is 6.61 Å². The topological polar surface area (TPSA) is 72.0 Å². The average Bonchev–Trinajstić information content (AvgIpc) is 2.46. The van der Waals surface area contributed by atoms with Gasteiger partial charge in [-0.15, -0.1) is 0 Å². The lowest BCUT2D eigenvalue weighted by atomic mass is 10.0. The summed E-state index contributed by atoms with van der Waals surface area (Å²) in [6.45, 7) is 4.76. The Labute approximate surface area is 119 Å². The number of pyridine rings is 1. The van der Waals surface area contributed by atoms with E-state index in [-0.39, 0.29) is 5.84 Å². The van der Waals surface area contributed by atoms with Crippen LogP contribution in [0.25, 0.3) is 0 Å². The lowest BCUT2D eigenvalue weighted by molar-refractivity contribution is 0.306. The van der Waals surface area contributed by atoms with Crippen molar-refractivity contribution in [3.63, 3.8) is 0 Å². The van der Waals surface area contributed by atoms with Gasteiger partial charge in [-0.25, -0.2) is 0 Å². The van der Waals surface area contributed by atoms with Crippen molar-refractivity contribution in [2.45, 2.75) is 26.4 Å². The first-order valence-corrected chi connectivity index (χ1v) is 6.58. The van der Waals surface area contributed by atoms with Crippen molar-refractivity contribution in [2.75, 3.05) is 0 Å². The highest BCUT2D eigenvalue weighted by atomic mass is 16.5. The third-order valence-electron chi connectivity index (χ3n) is 3.05. The number of benzene rings is 1. The summed E-state index contributed by atoms with van der Waals surface area (Å²) in [4.78, 5) is 4.02. The molecule has 0 atom stereocenters. The summed E-state index contributed by atoms with van der Waals surface area (Å²) in [5.41, 5.74) is 8.12. The molecule has 0 aliphatic carbocycles. The van der Waals surface area contributed by atoms with Crippen LogP contribution in [0.1, 0.15) is 36.6 Å². The van der Waals surface area contributed by atoms with Crippen LogP contribution >= 0.6 is 0 Å². The van der Waals surface area contributed by atoms with Crippen LogP contribution < -0.4 is 10.5 Å². The van der Waals surface area contributed by atoms with Gasteiger partial charge in [-0.05, 0) is 41.3 Å². The molecule has 0 aliphatic heterocycles. The van der Waals surface area contributed by atoms with Gasteiger partial charge in [0.05, 0.1) is 0 Å². The molecule has 4 nitrogen and oxygen atoms in total. The summed E-state index contributed by atoms with van der Waals surface area (Å²) in [5, 5.41) is 7.37. The number of nitrogens with one attached hydrogen (secondary N) is 1. The fourth-order valence-corrected chi connectivity index (χ4v) is 1.83. The minimum absolute atomic E-state index is 0.0341. The van der Waals surface area contributed by atoms with Gasteiger partial charge < -0.3 is 10.5 Å². The molecule has 0 saturated heterocycles. The molecule has 104 valence electrons. The largest absolute Gasteiger partial charge is 0.489 e. The van der Waals surface area contributed by atoms with E-state index < -0.39 is 0 Å². The fourth-order valence-electron chi connectivity index (χ4n) is 1.83. The summed E-state index contributed by atoms with van der Waals surface area (Å²) >= 11 is 0. The zero-order valence-corrected chi connectivity index (χ0v) is 11.8. The van der Waals surface area contributed by atoms with Crippen molar-refractivity contribution in [3.8, 4) is 5.75 Å². The number of nitrogens with two attached hydrogens (primary N) is 1. The smallest absolute Gasteiger partial charge is 0.141 e. The van der Waals surface area contributed by atoms with Crippen molar-refractivity contribution in [3.05, 3.63) is 59.4 Å². The third kappa shape index (κ3) is 3.57. The minimum atomic E-state index is -0.0341. The van der Waals surface area contributed by atoms with Crippen molar-refractivity contribution < 1.29 is 4.74 Å². The summed E-state index contributed by atoms with van der Waals surface area (Å²) in [5.74, 6) is 1.31. The van der Waals surface area contributed by atoms with E-state index in [0.717, 1.165) is 11.3 Å². The van der Waals surface area contributed by atoms with Crippen LogP contribution in [0, 0.1) is 5.41 Å². The molecule has 1 aromatic carbocycles. The normalized spacial score (nSPS) is 10.6. The molecule has 3 N–H and O–H groups in total. The molecule has 0 amide bonds. The maximum absolute atomic E-state index is 7.37. The summed E-state index contributed by atoms with van der Waals surface area (Å²) < 4.78 is 5.72. The van der Waals surface area contributed by atoms with Crippen LogP contribution in [0.15, 0.2) is 42.6 Å². The highest BCUT2D eigenvalue weighted by Gasteiger charge is 2.02. The van der Waals surface area contributed by atoms with E-state index in [2.05, 4.69) is 31.0 Å². The Hall–Kier alpha value is -2.36. The first kappa shape index (κ1) is 14.1. The zero-order chi connectivity index (χ0) is 14.5. The van der Waals surface area contributed by atoms with E-state index in [1.807, 2.05) is 18.2 Å². The van der Waals surface area contributed by atoms with Gasteiger partial charge in [-0.1, -0.05) is 26.0 Å². The van der Waals surface area contributed by atoms with Gasteiger partial charge in [0.15, 0.2) is 0 Å². The SMILES string of the molecule is CC(C)c1ccc(OCc2ccnc(C(=N)N)c2)cc1. The van der Waals surface area contributed by atoms with Crippen LogP contribution in [0.2, 0.25) is 0 Å². The second-order valence-electron chi connectivity index (χ2n) is 4.98. The van der Waals surface area contributed by atoms with E-state index >= 15 is 0 Å². The first-order valence-electron chi connectivity index (χ1n) is 6.58. The Morgan fingerprint density at radius 2 is 1.95 bits per heavy atom. The molecular weight excluding hydrogens is 250 g/mol. The van der Waals surface area contributed by atoms with Crippen molar-refractivity contribution >= 4 is 5.84 Å². The predicted octanol–water partition coefficient (Wildman–Crippen LogP) is 3.07. The molecule has 0 unspecified atom stereocenters. The Morgan fingerprint density at radius 1 is 1.25 bits per heavy atom. The van der Waals surface area contributed by atoms with Gasteiger partial charge in [-0.2, -0.15) is 0 Å². The molecule has 4 heteroatoms. The Balaban J connectivity index is 2.01. The molecule has 0 saturated carbocycles. The second-order valence-corrected chi connectivity index (χ2v) is 4.98. The standard InChI is InChI=1S/C16H19N3O/c1-11(2)13-3-5-14(6-4-13)20-10-12-7-8-19-15(9-12)16(17)18/h3-9,11H,10H2,1-2H3,(H3,17,18). The molecule has 0 bridgehead atoms. The van der Waals surface area contributed by atoms with Gasteiger partial charge in [-0.3, -0.25) is 10.4 Å². The second kappa shape index (κ2) is 6.19. The van der Waals surface area contributed by atoms with E-state index in [1.165, 1.54) is 5.56 Å². The number of amidine groups is 1. The number of nitrogens with zero attached hydrogens (tertiary/aromatic N) is 1. The van der Waals surface area contributed by atoms with E-state index in [4.69, 9.17) is 15.9 Å². The van der Waals surface area contributed by atoms with Gasteiger partial charge in [0.1, 0.15) is 23.9 Å². The summed E-state index contributed by atoms with van der Waals surface area (Å²) in [6.07, 6.45) is 1.64. The Morgan fingerprint density at radius 3 is 2.55 bits per heavy atom. The lowest BCUT2D eigenvalue weighted by Crippen LogP contribution is -2.13.